The van der Waals surface area contributed by atoms with E-state index in [1.807, 2.05) is 12.1 Å². The Labute approximate surface area is 130 Å². The summed E-state index contributed by atoms with van der Waals surface area (Å²) in [5, 5.41) is 6.72. The van der Waals surface area contributed by atoms with E-state index in [0.717, 1.165) is 32.7 Å². The summed E-state index contributed by atoms with van der Waals surface area (Å²) >= 11 is 6.01. The molecule has 21 heavy (non-hydrogen) atoms. The second kappa shape index (κ2) is 8.22. The van der Waals surface area contributed by atoms with Gasteiger partial charge in [0.05, 0.1) is 5.02 Å². The van der Waals surface area contributed by atoms with E-state index in [0.29, 0.717) is 17.3 Å². The second-order valence-electron chi connectivity index (χ2n) is 5.07. The highest BCUT2D eigenvalue weighted by Gasteiger charge is 2.16. The van der Waals surface area contributed by atoms with E-state index in [1.54, 1.807) is 19.1 Å². The van der Waals surface area contributed by atoms with Crippen LogP contribution in [0.1, 0.15) is 6.92 Å². The highest BCUT2D eigenvalue weighted by molar-refractivity contribution is 6.32. The van der Waals surface area contributed by atoms with E-state index in [4.69, 9.17) is 16.3 Å². The molecule has 6 heteroatoms. The molecule has 2 rings (SSSR count). The van der Waals surface area contributed by atoms with Crippen molar-refractivity contribution in [2.24, 2.45) is 0 Å². The van der Waals surface area contributed by atoms with E-state index in [-0.39, 0.29) is 5.91 Å². The van der Waals surface area contributed by atoms with Crippen LogP contribution < -0.4 is 15.4 Å². The summed E-state index contributed by atoms with van der Waals surface area (Å²) in [6.45, 7) is 7.31. The molecular formula is C15H22ClN3O2. The van der Waals surface area contributed by atoms with Crippen molar-refractivity contribution in [1.82, 2.24) is 15.5 Å². The summed E-state index contributed by atoms with van der Waals surface area (Å²) in [6, 6.07) is 7.16. The molecule has 0 aromatic heterocycles. The standard InChI is InChI=1S/C15H22ClN3O2/c1-12(21-14-5-3-2-4-13(14)16)15(20)18-8-11-19-9-6-17-7-10-19/h2-5,12,17H,6-11H2,1H3,(H,18,20). The van der Waals surface area contributed by atoms with Gasteiger partial charge in [0.1, 0.15) is 5.75 Å². The lowest BCUT2D eigenvalue weighted by Gasteiger charge is -2.27. The van der Waals surface area contributed by atoms with Gasteiger partial charge in [-0.1, -0.05) is 23.7 Å². The summed E-state index contributed by atoms with van der Waals surface area (Å²) in [7, 11) is 0. The fourth-order valence-electron chi connectivity index (χ4n) is 2.20. The zero-order chi connectivity index (χ0) is 15.1. The number of piperazine rings is 1. The predicted molar refractivity (Wildman–Crippen MR) is 83.9 cm³/mol. The van der Waals surface area contributed by atoms with Crippen LogP contribution in [0.15, 0.2) is 24.3 Å². The van der Waals surface area contributed by atoms with Crippen LogP contribution in [-0.4, -0.2) is 56.2 Å². The van der Waals surface area contributed by atoms with E-state index < -0.39 is 6.10 Å². The number of benzene rings is 1. The third-order valence-corrected chi connectivity index (χ3v) is 3.76. The fraction of sp³-hybridized carbons (Fsp3) is 0.533. The first-order valence-electron chi connectivity index (χ1n) is 7.29. The molecule has 0 aliphatic carbocycles. The third kappa shape index (κ3) is 5.19. The molecule has 0 bridgehead atoms. The Morgan fingerprint density at radius 2 is 2.14 bits per heavy atom. The third-order valence-electron chi connectivity index (χ3n) is 3.45. The van der Waals surface area contributed by atoms with Gasteiger partial charge in [0.15, 0.2) is 6.10 Å². The first-order valence-corrected chi connectivity index (χ1v) is 7.66. The van der Waals surface area contributed by atoms with Gasteiger partial charge in [-0.15, -0.1) is 0 Å². The van der Waals surface area contributed by atoms with Crippen LogP contribution in [0, 0.1) is 0 Å². The average molecular weight is 312 g/mol. The van der Waals surface area contributed by atoms with Crippen molar-refractivity contribution >= 4 is 17.5 Å². The molecule has 0 spiro atoms. The Balaban J connectivity index is 1.71. The molecule has 1 aliphatic rings. The van der Waals surface area contributed by atoms with Gasteiger partial charge in [0, 0.05) is 39.3 Å². The van der Waals surface area contributed by atoms with Crippen LogP contribution in [0.4, 0.5) is 0 Å². The monoisotopic (exact) mass is 311 g/mol. The zero-order valence-corrected chi connectivity index (χ0v) is 13.0. The van der Waals surface area contributed by atoms with E-state index in [9.17, 15) is 4.79 Å². The summed E-state index contributed by atoms with van der Waals surface area (Å²) < 4.78 is 5.58. The van der Waals surface area contributed by atoms with Crippen LogP contribution >= 0.6 is 11.6 Å². The van der Waals surface area contributed by atoms with Gasteiger partial charge < -0.3 is 15.4 Å². The van der Waals surface area contributed by atoms with Crippen molar-refractivity contribution in [3.63, 3.8) is 0 Å². The molecule has 1 aromatic carbocycles. The number of para-hydroxylation sites is 1. The number of carbonyl (C=O) groups excluding carboxylic acids is 1. The molecule has 1 atom stereocenters. The number of ether oxygens (including phenoxy) is 1. The molecular weight excluding hydrogens is 290 g/mol. The summed E-state index contributed by atoms with van der Waals surface area (Å²) in [4.78, 5) is 14.3. The average Bonchev–Trinajstić information content (AvgIpc) is 2.50. The highest BCUT2D eigenvalue weighted by Crippen LogP contribution is 2.24. The molecule has 0 saturated carbocycles. The number of nitrogens with zero attached hydrogens (tertiary/aromatic N) is 1. The number of halogens is 1. The van der Waals surface area contributed by atoms with Gasteiger partial charge in [0.2, 0.25) is 0 Å². The van der Waals surface area contributed by atoms with Gasteiger partial charge in [-0.25, -0.2) is 0 Å². The van der Waals surface area contributed by atoms with Crippen molar-refractivity contribution < 1.29 is 9.53 Å². The lowest BCUT2D eigenvalue weighted by atomic mass is 10.3. The van der Waals surface area contributed by atoms with Gasteiger partial charge >= 0.3 is 0 Å². The van der Waals surface area contributed by atoms with E-state index >= 15 is 0 Å². The largest absolute Gasteiger partial charge is 0.479 e. The minimum Gasteiger partial charge on any atom is -0.479 e. The molecule has 1 heterocycles. The first-order chi connectivity index (χ1) is 10.2. The van der Waals surface area contributed by atoms with Crippen molar-refractivity contribution in [1.29, 1.82) is 0 Å². The maximum absolute atomic E-state index is 12.0. The summed E-state index contributed by atoms with van der Waals surface area (Å²) in [5.74, 6) is 0.411. The quantitative estimate of drug-likeness (QED) is 0.827. The Morgan fingerprint density at radius 1 is 1.43 bits per heavy atom. The van der Waals surface area contributed by atoms with Crippen LogP contribution in [-0.2, 0) is 4.79 Å². The van der Waals surface area contributed by atoms with Gasteiger partial charge in [0.25, 0.3) is 5.91 Å². The SMILES string of the molecule is CC(Oc1ccccc1Cl)C(=O)NCCN1CCNCC1. The number of rotatable bonds is 6. The lowest BCUT2D eigenvalue weighted by molar-refractivity contribution is -0.127. The van der Waals surface area contributed by atoms with Gasteiger partial charge in [-0.3, -0.25) is 9.69 Å². The fourth-order valence-corrected chi connectivity index (χ4v) is 2.38. The Hall–Kier alpha value is -1.30. The minimum atomic E-state index is -0.562. The van der Waals surface area contributed by atoms with Crippen molar-refractivity contribution in [3.05, 3.63) is 29.3 Å². The number of hydrogen-bond donors (Lipinski definition) is 2. The van der Waals surface area contributed by atoms with E-state index in [2.05, 4.69) is 15.5 Å². The number of nitrogens with one attached hydrogen (secondary N) is 2. The molecule has 0 radical (unpaired) electrons. The smallest absolute Gasteiger partial charge is 0.260 e. The molecule has 1 aromatic rings. The zero-order valence-electron chi connectivity index (χ0n) is 12.3. The number of hydrogen-bond acceptors (Lipinski definition) is 4. The predicted octanol–water partition coefficient (Wildman–Crippen LogP) is 1.13. The molecule has 1 unspecified atom stereocenters. The lowest BCUT2D eigenvalue weighted by Crippen LogP contribution is -2.47. The normalized spacial score (nSPS) is 17.2. The van der Waals surface area contributed by atoms with Crippen LogP contribution in [0.5, 0.6) is 5.75 Å². The Morgan fingerprint density at radius 3 is 2.86 bits per heavy atom. The Bertz CT molecular complexity index is 464. The second-order valence-corrected chi connectivity index (χ2v) is 5.48. The molecule has 1 saturated heterocycles. The van der Waals surface area contributed by atoms with Gasteiger partial charge in [-0.2, -0.15) is 0 Å². The van der Waals surface area contributed by atoms with Crippen LogP contribution in [0.2, 0.25) is 5.02 Å². The summed E-state index contributed by atoms with van der Waals surface area (Å²) in [6.07, 6.45) is -0.562. The van der Waals surface area contributed by atoms with E-state index in [1.165, 1.54) is 0 Å². The molecule has 2 N–H and O–H groups in total. The molecule has 1 amide bonds. The van der Waals surface area contributed by atoms with Crippen LogP contribution in [0.3, 0.4) is 0 Å². The topological polar surface area (TPSA) is 53.6 Å². The number of amides is 1. The highest BCUT2D eigenvalue weighted by atomic mass is 35.5. The first kappa shape index (κ1) is 16.1. The molecule has 116 valence electrons. The summed E-state index contributed by atoms with van der Waals surface area (Å²) in [5.41, 5.74) is 0. The van der Waals surface area contributed by atoms with Crippen molar-refractivity contribution in [2.45, 2.75) is 13.0 Å². The maximum atomic E-state index is 12.0. The molecule has 1 fully saturated rings. The molecule has 5 nitrogen and oxygen atoms in total. The number of carbonyl (C=O) groups is 1. The van der Waals surface area contributed by atoms with Gasteiger partial charge in [-0.05, 0) is 19.1 Å². The van der Waals surface area contributed by atoms with Crippen molar-refractivity contribution in [2.75, 3.05) is 39.3 Å². The Kier molecular flexibility index (Phi) is 6.29. The maximum Gasteiger partial charge on any atom is 0.260 e. The van der Waals surface area contributed by atoms with Crippen LogP contribution in [0.25, 0.3) is 0 Å². The van der Waals surface area contributed by atoms with Crippen molar-refractivity contribution in [3.8, 4) is 5.75 Å². The minimum absolute atomic E-state index is 0.120. The molecule has 1 aliphatic heterocycles.